The highest BCUT2D eigenvalue weighted by Crippen LogP contribution is 2.10. The van der Waals surface area contributed by atoms with Gasteiger partial charge in [0.1, 0.15) is 5.69 Å². The van der Waals surface area contributed by atoms with Crippen LogP contribution in [0, 0.1) is 0 Å². The predicted octanol–water partition coefficient (Wildman–Crippen LogP) is -1.16. The molecule has 2 aromatic rings. The molecular formula is C5H6N6O2S. The molecule has 0 fully saturated rings. The second-order valence-corrected chi connectivity index (χ2v) is 3.96. The average molecular weight is 214 g/mol. The summed E-state index contributed by atoms with van der Waals surface area (Å²) >= 11 is 0. The molecule has 74 valence electrons. The predicted molar refractivity (Wildman–Crippen MR) is 45.3 cm³/mol. The Bertz CT molecular complexity index is 526. The molecule has 0 spiro atoms. The van der Waals surface area contributed by atoms with Crippen molar-refractivity contribution in [3.63, 3.8) is 0 Å². The van der Waals surface area contributed by atoms with Gasteiger partial charge >= 0.3 is 0 Å². The molecule has 2 aromatic heterocycles. The van der Waals surface area contributed by atoms with E-state index in [1.54, 1.807) is 6.07 Å². The summed E-state index contributed by atoms with van der Waals surface area (Å²) in [5, 5.41) is 16.6. The number of H-pyrrole nitrogens is 2. The molecule has 8 nitrogen and oxygen atoms in total. The van der Waals surface area contributed by atoms with Crippen LogP contribution in [-0.2, 0) is 10.0 Å². The van der Waals surface area contributed by atoms with Crippen LogP contribution >= 0.6 is 0 Å². The molecule has 0 amide bonds. The van der Waals surface area contributed by atoms with E-state index in [9.17, 15) is 8.42 Å². The maximum atomic E-state index is 10.8. The topological polar surface area (TPSA) is 130 Å². The van der Waals surface area contributed by atoms with Gasteiger partial charge in [-0.2, -0.15) is 15.2 Å². The van der Waals surface area contributed by atoms with Gasteiger partial charge in [-0.1, -0.05) is 0 Å². The highest BCUT2D eigenvalue weighted by Gasteiger charge is 2.15. The summed E-state index contributed by atoms with van der Waals surface area (Å²) in [5.41, 5.74) is 0.510. The lowest BCUT2D eigenvalue weighted by molar-refractivity contribution is 0.589. The van der Waals surface area contributed by atoms with Crippen LogP contribution in [0.4, 0.5) is 0 Å². The third-order valence-electron chi connectivity index (χ3n) is 1.48. The number of aromatic nitrogens is 5. The van der Waals surface area contributed by atoms with Gasteiger partial charge in [0.15, 0.2) is 5.82 Å². The maximum absolute atomic E-state index is 10.8. The minimum atomic E-state index is -3.84. The van der Waals surface area contributed by atoms with Crippen LogP contribution in [0.3, 0.4) is 0 Å². The first-order valence-electron chi connectivity index (χ1n) is 3.52. The third kappa shape index (κ3) is 1.49. The molecule has 0 radical (unpaired) electrons. The van der Waals surface area contributed by atoms with Gasteiger partial charge in [-0.3, -0.25) is 5.10 Å². The highest BCUT2D eigenvalue weighted by molar-refractivity contribution is 7.89. The Labute approximate surface area is 78.6 Å². The van der Waals surface area contributed by atoms with Crippen molar-refractivity contribution in [1.82, 2.24) is 25.4 Å². The van der Waals surface area contributed by atoms with Crippen molar-refractivity contribution in [2.24, 2.45) is 5.14 Å². The molecule has 0 saturated carbocycles. The van der Waals surface area contributed by atoms with Gasteiger partial charge in [-0.15, -0.1) is 0 Å². The first-order chi connectivity index (χ1) is 6.57. The molecular weight excluding hydrogens is 208 g/mol. The first-order valence-corrected chi connectivity index (χ1v) is 5.07. The standard InChI is InChI=1S/C5H6N6O2S/c6-14(12,13)5-8-4(10-11-5)3-1-2-7-9-3/h1-2H,(H,7,9)(H2,6,12,13)(H,8,10,11). The number of rotatable bonds is 2. The van der Waals surface area contributed by atoms with Crippen LogP contribution in [0.15, 0.2) is 17.4 Å². The lowest BCUT2D eigenvalue weighted by atomic mass is 10.4. The SMILES string of the molecule is NS(=O)(=O)c1nc(-c2ccn[nH]2)n[nH]1. The number of primary sulfonamides is 1. The van der Waals surface area contributed by atoms with E-state index in [1.165, 1.54) is 6.20 Å². The maximum Gasteiger partial charge on any atom is 0.273 e. The number of sulfonamides is 1. The quantitative estimate of drug-likeness (QED) is 0.580. The highest BCUT2D eigenvalue weighted by atomic mass is 32.2. The van der Waals surface area contributed by atoms with Crippen molar-refractivity contribution in [3.8, 4) is 11.5 Å². The molecule has 14 heavy (non-hydrogen) atoms. The smallest absolute Gasteiger partial charge is 0.273 e. The molecule has 0 atom stereocenters. The van der Waals surface area contributed by atoms with Crippen LogP contribution in [0.1, 0.15) is 0 Å². The van der Waals surface area contributed by atoms with Crippen LogP contribution in [-0.4, -0.2) is 33.8 Å². The zero-order chi connectivity index (χ0) is 10.2. The molecule has 0 saturated heterocycles. The monoisotopic (exact) mass is 214 g/mol. The number of nitrogens with zero attached hydrogens (tertiary/aromatic N) is 3. The third-order valence-corrected chi connectivity index (χ3v) is 2.20. The molecule has 2 rings (SSSR count). The van der Waals surface area contributed by atoms with Gasteiger partial charge in [-0.05, 0) is 6.07 Å². The van der Waals surface area contributed by atoms with Gasteiger partial charge in [0.25, 0.3) is 15.2 Å². The molecule has 0 bridgehead atoms. The lowest BCUT2D eigenvalue weighted by Crippen LogP contribution is -2.13. The summed E-state index contributed by atoms with van der Waals surface area (Å²) in [6.45, 7) is 0. The average Bonchev–Trinajstić information content (AvgIpc) is 2.73. The van der Waals surface area contributed by atoms with Crippen molar-refractivity contribution < 1.29 is 8.42 Å². The summed E-state index contributed by atoms with van der Waals surface area (Å²) in [4.78, 5) is 3.67. The fourth-order valence-corrected chi connectivity index (χ4v) is 1.26. The summed E-state index contributed by atoms with van der Waals surface area (Å²) in [6, 6.07) is 1.61. The Morgan fingerprint density at radius 3 is 2.64 bits per heavy atom. The minimum Gasteiger partial charge on any atom is -0.275 e. The number of nitrogens with two attached hydrogens (primary N) is 1. The van der Waals surface area contributed by atoms with Crippen molar-refractivity contribution >= 4 is 10.0 Å². The molecule has 0 aliphatic carbocycles. The van der Waals surface area contributed by atoms with Crippen molar-refractivity contribution in [2.75, 3.05) is 0 Å². The van der Waals surface area contributed by atoms with E-state index in [1.807, 2.05) is 0 Å². The summed E-state index contributed by atoms with van der Waals surface area (Å²) in [6.07, 6.45) is 1.50. The molecule has 4 N–H and O–H groups in total. The summed E-state index contributed by atoms with van der Waals surface area (Å²) in [7, 11) is -3.84. The van der Waals surface area contributed by atoms with Crippen LogP contribution in [0.5, 0.6) is 0 Å². The molecule has 0 unspecified atom stereocenters. The van der Waals surface area contributed by atoms with Crippen molar-refractivity contribution in [1.29, 1.82) is 0 Å². The van der Waals surface area contributed by atoms with Gasteiger partial charge in [0.2, 0.25) is 0 Å². The van der Waals surface area contributed by atoms with E-state index in [0.717, 1.165) is 0 Å². The molecule has 0 aliphatic rings. The van der Waals surface area contributed by atoms with Crippen LogP contribution in [0.2, 0.25) is 0 Å². The molecule has 2 heterocycles. The van der Waals surface area contributed by atoms with E-state index >= 15 is 0 Å². The summed E-state index contributed by atoms with van der Waals surface area (Å²) in [5.74, 6) is 0.200. The van der Waals surface area contributed by atoms with Crippen LogP contribution < -0.4 is 5.14 Å². The van der Waals surface area contributed by atoms with Gasteiger partial charge in [0.05, 0.1) is 0 Å². The zero-order valence-electron chi connectivity index (χ0n) is 6.80. The fourth-order valence-electron chi connectivity index (χ4n) is 0.875. The lowest BCUT2D eigenvalue weighted by Gasteiger charge is -1.86. The number of aromatic amines is 2. The number of hydrogen-bond acceptors (Lipinski definition) is 5. The van der Waals surface area contributed by atoms with E-state index in [2.05, 4.69) is 25.4 Å². The van der Waals surface area contributed by atoms with E-state index in [4.69, 9.17) is 5.14 Å². The van der Waals surface area contributed by atoms with E-state index in [-0.39, 0.29) is 11.0 Å². The van der Waals surface area contributed by atoms with E-state index < -0.39 is 10.0 Å². The zero-order valence-corrected chi connectivity index (χ0v) is 7.61. The molecule has 0 aromatic carbocycles. The number of hydrogen-bond donors (Lipinski definition) is 3. The van der Waals surface area contributed by atoms with E-state index in [0.29, 0.717) is 5.69 Å². The van der Waals surface area contributed by atoms with Crippen molar-refractivity contribution in [2.45, 2.75) is 5.16 Å². The minimum absolute atomic E-state index is 0.200. The Kier molecular flexibility index (Phi) is 1.82. The van der Waals surface area contributed by atoms with Crippen LogP contribution in [0.25, 0.3) is 11.5 Å². The largest absolute Gasteiger partial charge is 0.275 e. The Morgan fingerprint density at radius 1 is 1.36 bits per heavy atom. The van der Waals surface area contributed by atoms with Crippen molar-refractivity contribution in [3.05, 3.63) is 12.3 Å². The Morgan fingerprint density at radius 2 is 2.14 bits per heavy atom. The Hall–Kier alpha value is -1.74. The normalized spacial score (nSPS) is 11.8. The summed E-state index contributed by atoms with van der Waals surface area (Å²) < 4.78 is 21.7. The number of nitrogens with one attached hydrogen (secondary N) is 2. The van der Waals surface area contributed by atoms with Gasteiger partial charge in [-0.25, -0.2) is 18.7 Å². The van der Waals surface area contributed by atoms with Gasteiger partial charge in [0, 0.05) is 6.20 Å². The molecule has 0 aliphatic heterocycles. The second-order valence-electron chi connectivity index (χ2n) is 2.48. The van der Waals surface area contributed by atoms with Gasteiger partial charge < -0.3 is 0 Å². The first kappa shape index (κ1) is 8.84. The Balaban J connectivity index is 2.46. The fraction of sp³-hybridized carbons (Fsp3) is 0. The molecule has 9 heteroatoms. The second kappa shape index (κ2) is 2.89.